The van der Waals surface area contributed by atoms with Crippen LogP contribution in [0.4, 0.5) is 8.78 Å². The van der Waals surface area contributed by atoms with Crippen LogP contribution in [0.5, 0.6) is 0 Å². The van der Waals surface area contributed by atoms with Crippen molar-refractivity contribution in [2.75, 3.05) is 5.88 Å². The highest BCUT2D eigenvalue weighted by Gasteiger charge is 2.20. The van der Waals surface area contributed by atoms with Crippen LogP contribution in [-0.4, -0.2) is 11.7 Å². The maximum atomic E-state index is 13.0. The zero-order valence-corrected chi connectivity index (χ0v) is 10.5. The molecule has 0 amide bonds. The molecule has 1 rings (SSSR count). The Kier molecular flexibility index (Phi) is 4.04. The highest BCUT2D eigenvalue weighted by atomic mass is 79.9. The molecule has 0 unspecified atom stereocenters. The quantitative estimate of drug-likeness (QED) is 0.450. The number of carbonyl (C=O) groups excluding carboxylic acids is 1. The number of rotatable bonds is 2. The molecule has 1 aromatic rings. The molecule has 0 aliphatic heterocycles. The van der Waals surface area contributed by atoms with E-state index in [0.29, 0.717) is 6.07 Å². The summed E-state index contributed by atoms with van der Waals surface area (Å²) in [4.78, 5) is 11.2. The Morgan fingerprint density at radius 3 is 2.07 bits per heavy atom. The molecule has 0 atom stereocenters. The Bertz CT molecular complexity index is 369. The van der Waals surface area contributed by atoms with E-state index in [9.17, 15) is 13.6 Å². The number of carbonyl (C=O) groups is 1. The molecule has 0 N–H and O–H groups in total. The van der Waals surface area contributed by atoms with Gasteiger partial charge in [0.15, 0.2) is 5.78 Å². The smallest absolute Gasteiger partial charge is 0.180 e. The number of alkyl halides is 1. The van der Waals surface area contributed by atoms with Gasteiger partial charge in [0.25, 0.3) is 0 Å². The summed E-state index contributed by atoms with van der Waals surface area (Å²) in [5.74, 6) is -2.55. The molecule has 0 aliphatic rings. The highest BCUT2D eigenvalue weighted by Crippen LogP contribution is 2.31. The predicted octanol–water partition coefficient (Wildman–Crippen LogP) is 3.91. The second-order valence-electron chi connectivity index (χ2n) is 2.40. The highest BCUT2D eigenvalue weighted by molar-refractivity contribution is 9.11. The van der Waals surface area contributed by atoms with Crippen LogP contribution < -0.4 is 0 Å². The molecule has 0 bridgehead atoms. The average molecular weight is 348 g/mol. The fraction of sp³-hybridized carbons (Fsp3) is 0.125. The van der Waals surface area contributed by atoms with Crippen molar-refractivity contribution in [1.82, 2.24) is 0 Å². The van der Waals surface area contributed by atoms with Gasteiger partial charge in [-0.3, -0.25) is 4.79 Å². The van der Waals surface area contributed by atoms with Crippen LogP contribution in [-0.2, 0) is 0 Å². The number of Topliss-reactive ketones (excluding diaryl/α,β-unsaturated/α-hetero) is 1. The Morgan fingerprint density at radius 2 is 1.71 bits per heavy atom. The molecule has 0 aromatic heterocycles. The van der Waals surface area contributed by atoms with Crippen molar-refractivity contribution in [2.45, 2.75) is 0 Å². The van der Waals surface area contributed by atoms with Crippen LogP contribution in [0.3, 0.4) is 0 Å². The summed E-state index contributed by atoms with van der Waals surface area (Å²) in [7, 11) is 0. The normalized spacial score (nSPS) is 10.4. The van der Waals surface area contributed by atoms with Gasteiger partial charge in [0, 0.05) is 6.07 Å². The molecule has 0 spiro atoms. The fourth-order valence-corrected chi connectivity index (χ4v) is 2.35. The lowest BCUT2D eigenvalue weighted by Gasteiger charge is -2.06. The lowest BCUT2D eigenvalue weighted by molar-refractivity contribution is 0.101. The Morgan fingerprint density at radius 1 is 1.29 bits per heavy atom. The third-order valence-corrected chi connectivity index (χ3v) is 3.31. The van der Waals surface area contributed by atoms with E-state index >= 15 is 0 Å². The summed E-state index contributed by atoms with van der Waals surface area (Å²) in [6.07, 6.45) is 0. The van der Waals surface area contributed by atoms with E-state index in [1.54, 1.807) is 0 Å². The van der Waals surface area contributed by atoms with Gasteiger partial charge in [0.2, 0.25) is 0 Å². The van der Waals surface area contributed by atoms with E-state index in [1.807, 2.05) is 0 Å². The molecule has 14 heavy (non-hydrogen) atoms. The first-order valence-corrected chi connectivity index (χ1v) is 5.53. The first-order chi connectivity index (χ1) is 6.49. The Hall–Kier alpha value is -0.000000000000000111. The van der Waals surface area contributed by atoms with Gasteiger partial charge in [-0.05, 0) is 31.9 Å². The largest absolute Gasteiger partial charge is 0.293 e. The molecule has 6 heteroatoms. The molecular weight excluding hydrogens is 345 g/mol. The zero-order valence-electron chi connectivity index (χ0n) is 6.58. The standard InChI is InChI=1S/C8H3Br2ClF2O/c9-7-3(12)1-4(13)8(10)6(7)5(14)2-11/h1H,2H2. The van der Waals surface area contributed by atoms with Gasteiger partial charge >= 0.3 is 0 Å². The van der Waals surface area contributed by atoms with Crippen LogP contribution in [0.25, 0.3) is 0 Å². The topological polar surface area (TPSA) is 17.1 Å². The van der Waals surface area contributed by atoms with Gasteiger partial charge in [0.05, 0.1) is 20.4 Å². The molecule has 0 heterocycles. The monoisotopic (exact) mass is 346 g/mol. The van der Waals surface area contributed by atoms with Crippen LogP contribution >= 0.6 is 43.5 Å². The Balaban J connectivity index is 3.47. The second kappa shape index (κ2) is 4.68. The minimum absolute atomic E-state index is 0.0866. The van der Waals surface area contributed by atoms with Crippen LogP contribution in [0.15, 0.2) is 15.0 Å². The van der Waals surface area contributed by atoms with E-state index in [4.69, 9.17) is 11.6 Å². The van der Waals surface area contributed by atoms with Crippen molar-refractivity contribution < 1.29 is 13.6 Å². The lowest BCUT2D eigenvalue weighted by atomic mass is 10.1. The maximum absolute atomic E-state index is 13.0. The SMILES string of the molecule is O=C(CCl)c1c(Br)c(F)cc(F)c1Br. The van der Waals surface area contributed by atoms with Gasteiger partial charge in [-0.1, -0.05) is 0 Å². The van der Waals surface area contributed by atoms with E-state index in [1.165, 1.54) is 0 Å². The molecular formula is C8H3Br2ClF2O. The number of halogens is 5. The minimum atomic E-state index is -0.834. The number of hydrogen-bond donors (Lipinski definition) is 0. The van der Waals surface area contributed by atoms with Crippen molar-refractivity contribution in [3.8, 4) is 0 Å². The van der Waals surface area contributed by atoms with E-state index in [0.717, 1.165) is 0 Å². The summed E-state index contributed by atoms with van der Waals surface area (Å²) in [5, 5.41) is 0. The number of hydrogen-bond acceptors (Lipinski definition) is 1. The predicted molar refractivity (Wildman–Crippen MR) is 56.8 cm³/mol. The summed E-state index contributed by atoms with van der Waals surface area (Å²) in [6.45, 7) is 0. The van der Waals surface area contributed by atoms with Crippen molar-refractivity contribution in [3.63, 3.8) is 0 Å². The Labute approximate surface area is 101 Å². The van der Waals surface area contributed by atoms with Crippen molar-refractivity contribution in [3.05, 3.63) is 32.2 Å². The molecule has 1 nitrogen and oxygen atoms in total. The molecule has 0 fully saturated rings. The van der Waals surface area contributed by atoms with Gasteiger partial charge < -0.3 is 0 Å². The average Bonchev–Trinajstić information content (AvgIpc) is 2.15. The van der Waals surface area contributed by atoms with Gasteiger partial charge in [0.1, 0.15) is 11.6 Å². The van der Waals surface area contributed by atoms with Crippen LogP contribution in [0, 0.1) is 11.6 Å². The summed E-state index contributed by atoms with van der Waals surface area (Å²) in [5.41, 5.74) is -0.113. The van der Waals surface area contributed by atoms with Gasteiger partial charge in [-0.25, -0.2) is 8.78 Å². The van der Waals surface area contributed by atoms with Crippen LogP contribution in [0.2, 0.25) is 0 Å². The van der Waals surface area contributed by atoms with Crippen molar-refractivity contribution in [1.29, 1.82) is 0 Å². The summed E-state index contributed by atoms with van der Waals surface area (Å²) in [6, 6.07) is 0.680. The number of ketones is 1. The van der Waals surface area contributed by atoms with Crippen molar-refractivity contribution >= 4 is 49.2 Å². The number of benzene rings is 1. The fourth-order valence-electron chi connectivity index (χ4n) is 0.885. The third-order valence-electron chi connectivity index (χ3n) is 1.51. The molecule has 0 saturated heterocycles. The third kappa shape index (κ3) is 2.15. The van der Waals surface area contributed by atoms with E-state index in [2.05, 4.69) is 31.9 Å². The molecule has 0 aliphatic carbocycles. The first-order valence-electron chi connectivity index (χ1n) is 3.41. The molecule has 0 saturated carbocycles. The van der Waals surface area contributed by atoms with Crippen LogP contribution in [0.1, 0.15) is 10.4 Å². The summed E-state index contributed by atoms with van der Waals surface area (Å²) >= 11 is 11.0. The second-order valence-corrected chi connectivity index (χ2v) is 4.25. The lowest BCUT2D eigenvalue weighted by Crippen LogP contribution is -2.05. The molecule has 76 valence electrons. The first kappa shape index (κ1) is 12.1. The van der Waals surface area contributed by atoms with Crippen molar-refractivity contribution in [2.24, 2.45) is 0 Å². The molecule has 1 aromatic carbocycles. The zero-order chi connectivity index (χ0) is 10.9. The maximum Gasteiger partial charge on any atom is 0.180 e. The minimum Gasteiger partial charge on any atom is -0.293 e. The van der Waals surface area contributed by atoms with Gasteiger partial charge in [-0.15, -0.1) is 11.6 Å². The summed E-state index contributed by atoms with van der Waals surface area (Å²) < 4.78 is 25.9. The molecule has 0 radical (unpaired) electrons. The van der Waals surface area contributed by atoms with E-state index in [-0.39, 0.29) is 20.4 Å². The van der Waals surface area contributed by atoms with Gasteiger partial charge in [-0.2, -0.15) is 0 Å². The van der Waals surface area contributed by atoms with E-state index < -0.39 is 17.4 Å².